The van der Waals surface area contributed by atoms with Crippen molar-refractivity contribution >= 4 is 11.9 Å². The molecular formula is C16H32O6Ti. The predicted octanol–water partition coefficient (Wildman–Crippen LogP) is 3.57. The molecule has 0 aromatic heterocycles. The Hall–Kier alpha value is -0.426. The summed E-state index contributed by atoms with van der Waals surface area (Å²) in [6.07, 6.45) is 3.70. The van der Waals surface area contributed by atoms with Crippen LogP contribution in [0.4, 0.5) is 0 Å². The molecule has 7 heteroatoms. The quantitative estimate of drug-likeness (QED) is 0.265. The van der Waals surface area contributed by atoms with Crippen molar-refractivity contribution in [2.45, 2.75) is 62.8 Å². The zero-order valence-electron chi connectivity index (χ0n) is 15.0. The van der Waals surface area contributed by atoms with E-state index in [2.05, 4.69) is 13.8 Å². The second kappa shape index (κ2) is 14.0. The first kappa shape index (κ1) is 22.6. The van der Waals surface area contributed by atoms with Gasteiger partial charge in [0.2, 0.25) is 0 Å². The van der Waals surface area contributed by atoms with Gasteiger partial charge in [0.15, 0.2) is 0 Å². The molecule has 0 atom stereocenters. The van der Waals surface area contributed by atoms with Crippen LogP contribution in [0.5, 0.6) is 0 Å². The summed E-state index contributed by atoms with van der Waals surface area (Å²) in [5.74, 6) is -0.713. The van der Waals surface area contributed by atoms with Gasteiger partial charge in [-0.3, -0.25) is 0 Å². The van der Waals surface area contributed by atoms with Crippen molar-refractivity contribution in [2.24, 2.45) is 0 Å². The van der Waals surface area contributed by atoms with E-state index in [1.165, 1.54) is 0 Å². The number of carbonyl (C=O) groups is 2. The third-order valence-corrected chi connectivity index (χ3v) is 8.03. The SMILES string of the molecule is CCCC[O][Ti]([CH2]C(=O)OCC)([CH2]C(=O)OCC)[O]CCCC. The van der Waals surface area contributed by atoms with Crippen LogP contribution in [-0.4, -0.2) is 38.4 Å². The Balaban J connectivity index is 5.04. The van der Waals surface area contributed by atoms with E-state index in [1.54, 1.807) is 13.8 Å². The average Bonchev–Trinajstić information content (AvgIpc) is 2.48. The molecule has 0 unspecified atom stereocenters. The second-order valence-electron chi connectivity index (χ2n) is 5.28. The van der Waals surface area contributed by atoms with Crippen LogP contribution >= 0.6 is 0 Å². The molecule has 0 amide bonds. The first-order valence-electron chi connectivity index (χ1n) is 8.62. The molecule has 0 aromatic carbocycles. The Morgan fingerprint density at radius 2 is 1.13 bits per heavy atom. The van der Waals surface area contributed by atoms with Crippen LogP contribution in [0, 0.1) is 0 Å². The fraction of sp³-hybridized carbons (Fsp3) is 0.875. The molecule has 6 nitrogen and oxygen atoms in total. The fourth-order valence-electron chi connectivity index (χ4n) is 1.98. The number of carbonyl (C=O) groups excluding carboxylic acids is 2. The van der Waals surface area contributed by atoms with Crippen molar-refractivity contribution in [1.82, 2.24) is 0 Å². The number of hydrogen-bond acceptors (Lipinski definition) is 6. The van der Waals surface area contributed by atoms with Gasteiger partial charge < -0.3 is 0 Å². The van der Waals surface area contributed by atoms with Crippen molar-refractivity contribution in [1.29, 1.82) is 0 Å². The topological polar surface area (TPSA) is 71.1 Å². The van der Waals surface area contributed by atoms with E-state index in [1.807, 2.05) is 0 Å². The molecule has 0 N–H and O–H groups in total. The van der Waals surface area contributed by atoms with Crippen LogP contribution < -0.4 is 0 Å². The fourth-order valence-corrected chi connectivity index (χ4v) is 6.24. The third kappa shape index (κ3) is 10.9. The monoisotopic (exact) mass is 368 g/mol. The van der Waals surface area contributed by atoms with E-state index in [-0.39, 0.29) is 21.4 Å². The molecule has 0 rings (SSSR count). The molecular weight excluding hydrogens is 336 g/mol. The van der Waals surface area contributed by atoms with Gasteiger partial charge in [-0.25, -0.2) is 0 Å². The zero-order chi connectivity index (χ0) is 17.6. The molecule has 0 fully saturated rings. The molecule has 0 spiro atoms. The predicted molar refractivity (Wildman–Crippen MR) is 84.6 cm³/mol. The normalized spacial score (nSPS) is 11.3. The van der Waals surface area contributed by atoms with Gasteiger partial charge in [-0.1, -0.05) is 0 Å². The number of esters is 2. The zero-order valence-corrected chi connectivity index (χ0v) is 16.6. The first-order chi connectivity index (χ1) is 11.0. The van der Waals surface area contributed by atoms with Crippen molar-refractivity contribution in [3.63, 3.8) is 0 Å². The Kier molecular flexibility index (Phi) is 13.7. The minimum absolute atomic E-state index is 0.0695. The molecule has 0 bridgehead atoms. The second-order valence-corrected chi connectivity index (χ2v) is 10.1. The van der Waals surface area contributed by atoms with E-state index in [4.69, 9.17) is 16.1 Å². The third-order valence-electron chi connectivity index (χ3n) is 3.16. The van der Waals surface area contributed by atoms with Gasteiger partial charge in [-0.15, -0.1) is 0 Å². The summed E-state index contributed by atoms with van der Waals surface area (Å²) in [6, 6.07) is 0. The molecule has 0 radical (unpaired) electrons. The van der Waals surface area contributed by atoms with Crippen molar-refractivity contribution in [3.05, 3.63) is 0 Å². The Labute approximate surface area is 144 Å². The van der Waals surface area contributed by atoms with Crippen molar-refractivity contribution in [2.75, 3.05) is 26.4 Å². The summed E-state index contributed by atoms with van der Waals surface area (Å²) in [5.41, 5.74) is 0. The Morgan fingerprint density at radius 3 is 1.43 bits per heavy atom. The molecule has 0 saturated heterocycles. The molecule has 0 aliphatic heterocycles. The molecule has 0 aliphatic rings. The van der Waals surface area contributed by atoms with E-state index in [9.17, 15) is 9.59 Å². The van der Waals surface area contributed by atoms with Crippen LogP contribution in [0.25, 0.3) is 0 Å². The summed E-state index contributed by atoms with van der Waals surface area (Å²) < 4.78 is 22.3. The summed E-state index contributed by atoms with van der Waals surface area (Å²) in [6.45, 7) is 9.25. The standard InChI is InChI=1S/2C4H7O2.2C4H9O.Ti/c2*1-3-6-4(2)5;2*1-2-3-4-5;/h2*2-3H2,1H3;2*2-4H2,1H3;/q;;2*-1;+2. The van der Waals surface area contributed by atoms with Crippen LogP contribution in [0.2, 0.25) is 9.45 Å². The van der Waals surface area contributed by atoms with Gasteiger partial charge in [-0.05, 0) is 0 Å². The van der Waals surface area contributed by atoms with Gasteiger partial charge in [0.1, 0.15) is 0 Å². The molecule has 0 aliphatic carbocycles. The van der Waals surface area contributed by atoms with Crippen LogP contribution in [0.1, 0.15) is 53.4 Å². The molecule has 0 saturated carbocycles. The van der Waals surface area contributed by atoms with Gasteiger partial charge >= 0.3 is 144 Å². The molecule has 0 aromatic rings. The Morgan fingerprint density at radius 1 is 0.739 bits per heavy atom. The average molecular weight is 368 g/mol. The summed E-state index contributed by atoms with van der Waals surface area (Å²) in [4.78, 5) is 24.0. The van der Waals surface area contributed by atoms with Crippen molar-refractivity contribution < 1.29 is 43.1 Å². The summed E-state index contributed by atoms with van der Waals surface area (Å²) >= 11 is -3.62. The van der Waals surface area contributed by atoms with Crippen LogP contribution in [0.15, 0.2) is 0 Å². The number of ether oxygens (including phenoxy) is 2. The summed E-state index contributed by atoms with van der Waals surface area (Å²) in [5, 5.41) is 0. The van der Waals surface area contributed by atoms with Gasteiger partial charge in [-0.2, -0.15) is 0 Å². The maximum atomic E-state index is 12.0. The maximum absolute atomic E-state index is 12.0. The van der Waals surface area contributed by atoms with Crippen molar-refractivity contribution in [3.8, 4) is 0 Å². The molecule has 23 heavy (non-hydrogen) atoms. The number of unbranched alkanes of at least 4 members (excludes halogenated alkanes) is 2. The van der Waals surface area contributed by atoms with E-state index in [0.717, 1.165) is 25.7 Å². The van der Waals surface area contributed by atoms with Gasteiger partial charge in [0.25, 0.3) is 0 Å². The molecule has 136 valence electrons. The van der Waals surface area contributed by atoms with E-state index >= 15 is 0 Å². The van der Waals surface area contributed by atoms with Crippen LogP contribution in [0.3, 0.4) is 0 Å². The van der Waals surface area contributed by atoms with Crippen LogP contribution in [-0.2, 0) is 43.1 Å². The van der Waals surface area contributed by atoms with E-state index < -0.39 is 17.4 Å². The number of hydrogen-bond donors (Lipinski definition) is 0. The minimum atomic E-state index is -3.62. The number of rotatable bonds is 14. The summed E-state index contributed by atoms with van der Waals surface area (Å²) in [7, 11) is 0. The van der Waals surface area contributed by atoms with E-state index in [0.29, 0.717) is 26.4 Å². The Bertz CT molecular complexity index is 303. The van der Waals surface area contributed by atoms with Gasteiger partial charge in [0, 0.05) is 0 Å². The van der Waals surface area contributed by atoms with Gasteiger partial charge in [0.05, 0.1) is 0 Å². The molecule has 0 heterocycles. The first-order valence-corrected chi connectivity index (χ1v) is 12.1.